The van der Waals surface area contributed by atoms with Gasteiger partial charge >= 0.3 is 0 Å². The number of halogens is 1. The number of aliphatic hydroxyl groups excluding tert-OH is 1. The molecule has 5 heteroatoms. The number of hydrogen-bond donors (Lipinski definition) is 1. The molecular weight excluding hydrogens is 405 g/mol. The summed E-state index contributed by atoms with van der Waals surface area (Å²) < 4.78 is 11.8. The Hall–Kier alpha value is -0.530. The topological polar surface area (TPSA) is 41.9 Å². The molecule has 4 aliphatic rings. The predicted octanol–water partition coefficient (Wildman–Crippen LogP) is 2.69. The third-order valence-corrected chi connectivity index (χ3v) is 5.89. The lowest BCUT2D eigenvalue weighted by Crippen LogP contribution is -2.53. The molecule has 0 aromatic carbocycles. The molecule has 2 fully saturated rings. The van der Waals surface area contributed by atoms with Crippen LogP contribution >= 0.6 is 24.0 Å². The number of likely N-dealkylation sites (tertiary alicyclic amines) is 1. The first-order valence-electron chi connectivity index (χ1n) is 8.36. The number of hydrogen-bond acceptors (Lipinski definition) is 4. The fourth-order valence-corrected chi connectivity index (χ4v) is 4.69. The molecule has 6 bridgehead atoms. The van der Waals surface area contributed by atoms with Crippen molar-refractivity contribution in [3.63, 3.8) is 0 Å². The molecule has 4 rings (SSSR count). The summed E-state index contributed by atoms with van der Waals surface area (Å²) in [6.45, 7) is 1.08. The number of piperidine rings is 1. The van der Waals surface area contributed by atoms with Gasteiger partial charge in [-0.2, -0.15) is 0 Å². The summed E-state index contributed by atoms with van der Waals surface area (Å²) in [6.07, 6.45) is 10.9. The summed E-state index contributed by atoms with van der Waals surface area (Å²) in [6, 6.07) is 0.534. The molecule has 4 nitrogen and oxygen atoms in total. The summed E-state index contributed by atoms with van der Waals surface area (Å²) in [5, 5.41) is 10.5. The Balaban J connectivity index is 0.00000156. The second-order valence-electron chi connectivity index (χ2n) is 7.09. The van der Waals surface area contributed by atoms with Gasteiger partial charge in [0, 0.05) is 18.4 Å². The van der Waals surface area contributed by atoms with Crippen molar-refractivity contribution in [2.45, 2.75) is 37.5 Å². The van der Waals surface area contributed by atoms with Gasteiger partial charge < -0.3 is 19.5 Å². The highest BCUT2D eigenvalue weighted by molar-refractivity contribution is 14.0. The van der Waals surface area contributed by atoms with Crippen LogP contribution in [-0.4, -0.2) is 49.0 Å². The molecule has 128 valence electrons. The molecule has 6 atom stereocenters. The number of aliphatic hydroxyl groups is 1. The van der Waals surface area contributed by atoms with Gasteiger partial charge in [0.2, 0.25) is 0 Å². The van der Waals surface area contributed by atoms with E-state index in [2.05, 4.69) is 24.1 Å². The fourth-order valence-electron chi connectivity index (χ4n) is 4.69. The van der Waals surface area contributed by atoms with Crippen LogP contribution in [0.4, 0.5) is 0 Å². The van der Waals surface area contributed by atoms with Crippen LogP contribution in [0.5, 0.6) is 0 Å². The molecule has 1 N–H and O–H groups in total. The Bertz CT molecular complexity index is 544. The normalized spacial score (nSPS) is 42.0. The van der Waals surface area contributed by atoms with Crippen molar-refractivity contribution in [1.82, 2.24) is 4.90 Å². The van der Waals surface area contributed by atoms with E-state index < -0.39 is 6.10 Å². The summed E-state index contributed by atoms with van der Waals surface area (Å²) in [4.78, 5) is 2.49. The first-order chi connectivity index (χ1) is 10.7. The average Bonchev–Trinajstić information content (AvgIpc) is 2.54. The molecule has 0 saturated carbocycles. The van der Waals surface area contributed by atoms with E-state index in [-0.39, 0.29) is 30.1 Å². The minimum absolute atomic E-state index is 0. The third-order valence-electron chi connectivity index (χ3n) is 5.89. The smallest absolute Gasteiger partial charge is 0.156 e. The van der Waals surface area contributed by atoms with Gasteiger partial charge in [-0.25, -0.2) is 0 Å². The molecule has 1 unspecified atom stereocenters. The standard InChI is InChI=1S/C18H25NO3.HI/c1-19-8-7-13-12-4-5-15(20)18(13)22-17-10-11(9-14(12)19)3-6-16(17)21-2;/h3-6,11-15,18,20H,7-10H2,1-2H3;1H/t11?,12-,13+,14-,15+,18-;/m1./s1. The van der Waals surface area contributed by atoms with Gasteiger partial charge in [-0.1, -0.05) is 18.2 Å². The van der Waals surface area contributed by atoms with E-state index in [0.717, 1.165) is 37.3 Å². The van der Waals surface area contributed by atoms with E-state index in [1.165, 1.54) is 0 Å². The Morgan fingerprint density at radius 1 is 1.30 bits per heavy atom. The maximum atomic E-state index is 10.5. The second kappa shape index (κ2) is 6.76. The van der Waals surface area contributed by atoms with E-state index in [4.69, 9.17) is 9.47 Å². The second-order valence-corrected chi connectivity index (χ2v) is 7.09. The molecule has 0 spiro atoms. The van der Waals surface area contributed by atoms with E-state index in [1.54, 1.807) is 7.11 Å². The highest BCUT2D eigenvalue weighted by atomic mass is 127. The predicted molar refractivity (Wildman–Crippen MR) is 99.3 cm³/mol. The molecule has 0 aromatic heterocycles. The molecule has 2 saturated heterocycles. The van der Waals surface area contributed by atoms with Crippen molar-refractivity contribution in [3.05, 3.63) is 35.8 Å². The lowest BCUT2D eigenvalue weighted by molar-refractivity contribution is -0.0669. The lowest BCUT2D eigenvalue weighted by atomic mass is 9.70. The molecule has 2 heterocycles. The van der Waals surface area contributed by atoms with E-state index >= 15 is 0 Å². The van der Waals surface area contributed by atoms with Gasteiger partial charge in [0.1, 0.15) is 18.0 Å². The van der Waals surface area contributed by atoms with Crippen LogP contribution in [0.2, 0.25) is 0 Å². The van der Waals surface area contributed by atoms with Crippen LogP contribution in [-0.2, 0) is 9.47 Å². The third kappa shape index (κ3) is 2.96. The van der Waals surface area contributed by atoms with Crippen LogP contribution in [0.3, 0.4) is 0 Å². The lowest BCUT2D eigenvalue weighted by Gasteiger charge is -2.47. The van der Waals surface area contributed by atoms with Crippen molar-refractivity contribution in [2.75, 3.05) is 20.7 Å². The van der Waals surface area contributed by atoms with Crippen molar-refractivity contribution in [2.24, 2.45) is 17.8 Å². The molecule has 0 radical (unpaired) electrons. The van der Waals surface area contributed by atoms with Gasteiger partial charge in [-0.15, -0.1) is 24.0 Å². The number of allylic oxidation sites excluding steroid dienone is 3. The molecular formula is C18H26INO3. The van der Waals surface area contributed by atoms with E-state index in [1.807, 2.05) is 12.2 Å². The van der Waals surface area contributed by atoms with Crippen molar-refractivity contribution < 1.29 is 14.6 Å². The summed E-state index contributed by atoms with van der Waals surface area (Å²) in [5.74, 6) is 3.10. The van der Waals surface area contributed by atoms with Gasteiger partial charge in [0.25, 0.3) is 0 Å². The molecule has 2 aliphatic heterocycles. The number of nitrogens with zero attached hydrogens (tertiary/aromatic N) is 1. The highest BCUT2D eigenvalue weighted by Crippen LogP contribution is 2.44. The van der Waals surface area contributed by atoms with Crippen molar-refractivity contribution >= 4 is 24.0 Å². The van der Waals surface area contributed by atoms with Gasteiger partial charge in [0.05, 0.1) is 7.11 Å². The quantitative estimate of drug-likeness (QED) is 0.512. The maximum absolute atomic E-state index is 10.5. The zero-order chi connectivity index (χ0) is 15.3. The zero-order valence-corrected chi connectivity index (χ0v) is 16.1. The van der Waals surface area contributed by atoms with Crippen LogP contribution < -0.4 is 0 Å². The molecule has 0 aromatic rings. The van der Waals surface area contributed by atoms with Crippen molar-refractivity contribution in [3.8, 4) is 0 Å². The number of rotatable bonds is 1. The minimum atomic E-state index is -0.515. The van der Waals surface area contributed by atoms with Gasteiger partial charge in [0.15, 0.2) is 5.76 Å². The average molecular weight is 431 g/mol. The molecule has 2 aliphatic carbocycles. The Labute approximate surface area is 155 Å². The Morgan fingerprint density at radius 2 is 2.13 bits per heavy atom. The Kier molecular flexibility index (Phi) is 5.09. The first-order valence-corrected chi connectivity index (χ1v) is 8.36. The van der Waals surface area contributed by atoms with Crippen LogP contribution in [0.25, 0.3) is 0 Å². The van der Waals surface area contributed by atoms with Gasteiger partial charge in [-0.05, 0) is 44.3 Å². The van der Waals surface area contributed by atoms with Crippen LogP contribution in [0, 0.1) is 17.8 Å². The largest absolute Gasteiger partial charge is 0.493 e. The van der Waals surface area contributed by atoms with Gasteiger partial charge in [-0.3, -0.25) is 0 Å². The summed E-state index contributed by atoms with van der Waals surface area (Å²) in [7, 11) is 3.92. The molecule has 23 heavy (non-hydrogen) atoms. The number of fused-ring (bicyclic) bond motifs is 2. The summed E-state index contributed by atoms with van der Waals surface area (Å²) in [5.41, 5.74) is 0. The Morgan fingerprint density at radius 3 is 2.91 bits per heavy atom. The van der Waals surface area contributed by atoms with Crippen LogP contribution in [0.15, 0.2) is 35.8 Å². The van der Waals surface area contributed by atoms with E-state index in [9.17, 15) is 5.11 Å². The van der Waals surface area contributed by atoms with Crippen LogP contribution in [0.1, 0.15) is 19.3 Å². The SMILES string of the molecule is COC1=C2CC(C=C1)C[C@@H]1[C@@H]3C=C[C@H](O)[C@H](O2)[C@H]3CCN1C.I. The highest BCUT2D eigenvalue weighted by Gasteiger charge is 2.46. The summed E-state index contributed by atoms with van der Waals surface area (Å²) >= 11 is 0. The minimum Gasteiger partial charge on any atom is -0.493 e. The number of ether oxygens (including phenoxy) is 2. The fraction of sp³-hybridized carbons (Fsp3) is 0.667. The van der Waals surface area contributed by atoms with Crippen molar-refractivity contribution in [1.29, 1.82) is 0 Å². The monoisotopic (exact) mass is 431 g/mol. The maximum Gasteiger partial charge on any atom is 0.156 e. The number of methoxy groups -OCH3 is 1. The molecule has 0 amide bonds. The zero-order valence-electron chi connectivity index (χ0n) is 13.7. The van der Waals surface area contributed by atoms with E-state index in [0.29, 0.717) is 23.8 Å². The first kappa shape index (κ1) is 17.3.